The molecule has 3 rings (SSSR count). The Kier molecular flexibility index (Phi) is 7.96. The van der Waals surface area contributed by atoms with E-state index in [0.29, 0.717) is 23.4 Å². The second-order valence-corrected chi connectivity index (χ2v) is 5.91. The van der Waals surface area contributed by atoms with Crippen LogP contribution in [0.2, 0.25) is 0 Å². The third-order valence-corrected chi connectivity index (χ3v) is 4.16. The van der Waals surface area contributed by atoms with Crippen molar-refractivity contribution in [2.24, 2.45) is 0 Å². The molecule has 0 unspecified atom stereocenters. The van der Waals surface area contributed by atoms with Gasteiger partial charge in [0.2, 0.25) is 0 Å². The molecular formula is C17H22ClF2N5O2. The molecule has 7 nitrogen and oxygen atoms in total. The Morgan fingerprint density at radius 1 is 1.33 bits per heavy atom. The lowest BCUT2D eigenvalue weighted by molar-refractivity contribution is -0.0498. The van der Waals surface area contributed by atoms with E-state index < -0.39 is 6.61 Å². The van der Waals surface area contributed by atoms with Crippen LogP contribution in [-0.2, 0) is 0 Å². The minimum Gasteiger partial charge on any atom is -0.435 e. The monoisotopic (exact) mass is 401 g/mol. The van der Waals surface area contributed by atoms with Gasteiger partial charge in [-0.25, -0.2) is 0 Å². The number of hydrogen-bond donors (Lipinski definition) is 3. The number of halogens is 3. The van der Waals surface area contributed by atoms with E-state index in [1.807, 2.05) is 0 Å². The standard InChI is InChI=1S/C17H21F2N5O2.ClH/c18-17(19)26-13-3-1-2-12(10-13)15-14(11-22-23-15)16(25)21-6-9-24-7-4-20-5-8-24;/h1-3,10-11,17,20H,4-9H2,(H,21,25)(H,22,23);1H. The summed E-state index contributed by atoms with van der Waals surface area (Å²) in [6.45, 7) is 2.23. The van der Waals surface area contributed by atoms with Crippen LogP contribution in [-0.4, -0.2) is 66.9 Å². The first-order valence-electron chi connectivity index (χ1n) is 8.43. The number of aromatic nitrogens is 2. The van der Waals surface area contributed by atoms with Crippen molar-refractivity contribution in [2.45, 2.75) is 6.61 Å². The van der Waals surface area contributed by atoms with Crippen molar-refractivity contribution in [1.82, 2.24) is 25.7 Å². The molecule has 10 heteroatoms. The third-order valence-electron chi connectivity index (χ3n) is 4.16. The highest BCUT2D eigenvalue weighted by Crippen LogP contribution is 2.25. The minimum atomic E-state index is -2.90. The summed E-state index contributed by atoms with van der Waals surface area (Å²) in [5, 5.41) is 12.8. The molecule has 1 aliphatic rings. The van der Waals surface area contributed by atoms with Gasteiger partial charge in [0.15, 0.2) is 0 Å². The van der Waals surface area contributed by atoms with Gasteiger partial charge in [0.25, 0.3) is 5.91 Å². The molecule has 1 aliphatic heterocycles. The van der Waals surface area contributed by atoms with Gasteiger partial charge in [-0.1, -0.05) is 12.1 Å². The molecule has 0 aliphatic carbocycles. The lowest BCUT2D eigenvalue weighted by Gasteiger charge is -2.27. The molecule has 0 radical (unpaired) electrons. The summed E-state index contributed by atoms with van der Waals surface area (Å²) < 4.78 is 29.2. The van der Waals surface area contributed by atoms with Gasteiger partial charge in [-0.3, -0.25) is 14.8 Å². The van der Waals surface area contributed by atoms with Crippen LogP contribution in [0.1, 0.15) is 10.4 Å². The molecule has 1 aromatic heterocycles. The largest absolute Gasteiger partial charge is 0.435 e. The molecule has 2 heterocycles. The van der Waals surface area contributed by atoms with Crippen molar-refractivity contribution in [3.8, 4) is 17.0 Å². The van der Waals surface area contributed by atoms with Gasteiger partial charge in [-0.05, 0) is 12.1 Å². The highest BCUT2D eigenvalue weighted by atomic mass is 35.5. The van der Waals surface area contributed by atoms with Crippen LogP contribution in [0.25, 0.3) is 11.3 Å². The molecule has 0 bridgehead atoms. The van der Waals surface area contributed by atoms with Crippen molar-refractivity contribution in [3.05, 3.63) is 36.0 Å². The lowest BCUT2D eigenvalue weighted by atomic mass is 10.1. The van der Waals surface area contributed by atoms with Gasteiger partial charge in [-0.15, -0.1) is 12.4 Å². The van der Waals surface area contributed by atoms with E-state index in [-0.39, 0.29) is 24.1 Å². The normalized spacial score (nSPS) is 14.6. The first-order valence-corrected chi connectivity index (χ1v) is 8.43. The van der Waals surface area contributed by atoms with E-state index in [9.17, 15) is 13.6 Å². The Balaban J connectivity index is 0.00000261. The number of rotatable bonds is 7. The molecule has 3 N–H and O–H groups in total. The zero-order chi connectivity index (χ0) is 18.4. The van der Waals surface area contributed by atoms with Crippen LogP contribution in [0.15, 0.2) is 30.5 Å². The molecule has 0 spiro atoms. The molecular weight excluding hydrogens is 380 g/mol. The zero-order valence-electron chi connectivity index (χ0n) is 14.6. The molecule has 0 saturated carbocycles. The Morgan fingerprint density at radius 3 is 2.85 bits per heavy atom. The number of nitrogens with zero attached hydrogens (tertiary/aromatic N) is 2. The summed E-state index contributed by atoms with van der Waals surface area (Å²) >= 11 is 0. The Morgan fingerprint density at radius 2 is 2.11 bits per heavy atom. The average Bonchev–Trinajstić information content (AvgIpc) is 3.12. The number of nitrogens with one attached hydrogen (secondary N) is 3. The number of aromatic amines is 1. The summed E-state index contributed by atoms with van der Waals surface area (Å²) in [4.78, 5) is 14.7. The average molecular weight is 402 g/mol. The molecule has 1 aromatic carbocycles. The summed E-state index contributed by atoms with van der Waals surface area (Å²) in [5.41, 5.74) is 1.37. The van der Waals surface area contributed by atoms with E-state index in [1.165, 1.54) is 18.3 Å². The smallest absolute Gasteiger partial charge is 0.387 e. The predicted octanol–water partition coefficient (Wildman–Crippen LogP) is 1.73. The number of carbonyl (C=O) groups excluding carboxylic acids is 1. The van der Waals surface area contributed by atoms with Gasteiger partial charge in [-0.2, -0.15) is 13.9 Å². The van der Waals surface area contributed by atoms with Crippen LogP contribution in [0.5, 0.6) is 5.75 Å². The molecule has 1 amide bonds. The molecule has 148 valence electrons. The Hall–Kier alpha value is -2.23. The Bertz CT molecular complexity index is 738. The van der Waals surface area contributed by atoms with Crippen molar-refractivity contribution >= 4 is 18.3 Å². The maximum Gasteiger partial charge on any atom is 0.387 e. The van der Waals surface area contributed by atoms with E-state index in [1.54, 1.807) is 12.1 Å². The number of H-pyrrole nitrogens is 1. The van der Waals surface area contributed by atoms with Gasteiger partial charge >= 0.3 is 6.61 Å². The second kappa shape index (κ2) is 10.2. The quantitative estimate of drug-likeness (QED) is 0.658. The highest BCUT2D eigenvalue weighted by molar-refractivity contribution is 5.99. The molecule has 1 fully saturated rings. The SMILES string of the molecule is Cl.O=C(NCCN1CCNCC1)c1cn[nH]c1-c1cccc(OC(F)F)c1. The van der Waals surface area contributed by atoms with E-state index in [2.05, 4.69) is 30.5 Å². The fraction of sp³-hybridized carbons (Fsp3) is 0.412. The molecule has 1 saturated heterocycles. The van der Waals surface area contributed by atoms with Crippen LogP contribution in [0, 0.1) is 0 Å². The maximum absolute atomic E-state index is 12.5. The van der Waals surface area contributed by atoms with Gasteiger partial charge < -0.3 is 15.4 Å². The number of hydrogen-bond acceptors (Lipinski definition) is 5. The van der Waals surface area contributed by atoms with Crippen molar-refractivity contribution < 1.29 is 18.3 Å². The zero-order valence-corrected chi connectivity index (χ0v) is 15.4. The molecule has 27 heavy (non-hydrogen) atoms. The lowest BCUT2D eigenvalue weighted by Crippen LogP contribution is -2.46. The van der Waals surface area contributed by atoms with Crippen molar-refractivity contribution in [1.29, 1.82) is 0 Å². The molecule has 2 aromatic rings. The first-order chi connectivity index (χ1) is 12.6. The second-order valence-electron chi connectivity index (χ2n) is 5.91. The minimum absolute atomic E-state index is 0. The van der Waals surface area contributed by atoms with Crippen LogP contribution >= 0.6 is 12.4 Å². The number of carbonyl (C=O) groups is 1. The number of alkyl halides is 2. The van der Waals surface area contributed by atoms with Gasteiger partial charge in [0.1, 0.15) is 5.75 Å². The van der Waals surface area contributed by atoms with Crippen molar-refractivity contribution in [2.75, 3.05) is 39.3 Å². The summed E-state index contributed by atoms with van der Waals surface area (Å²) in [6, 6.07) is 6.15. The molecule has 0 atom stereocenters. The topological polar surface area (TPSA) is 82.3 Å². The van der Waals surface area contributed by atoms with Gasteiger partial charge in [0, 0.05) is 44.8 Å². The number of benzene rings is 1. The van der Waals surface area contributed by atoms with Crippen LogP contribution in [0.4, 0.5) is 8.78 Å². The van der Waals surface area contributed by atoms with Crippen molar-refractivity contribution in [3.63, 3.8) is 0 Å². The van der Waals surface area contributed by atoms with E-state index in [0.717, 1.165) is 32.7 Å². The number of ether oxygens (including phenoxy) is 1. The van der Waals surface area contributed by atoms with Gasteiger partial charge in [0.05, 0.1) is 17.5 Å². The van der Waals surface area contributed by atoms with E-state index >= 15 is 0 Å². The van der Waals surface area contributed by atoms with Crippen LogP contribution < -0.4 is 15.4 Å². The fourth-order valence-corrected chi connectivity index (χ4v) is 2.86. The number of amides is 1. The van der Waals surface area contributed by atoms with Crippen LogP contribution in [0.3, 0.4) is 0 Å². The summed E-state index contributed by atoms with van der Waals surface area (Å²) in [5.74, 6) is -0.235. The summed E-state index contributed by atoms with van der Waals surface area (Å²) in [7, 11) is 0. The first kappa shape index (κ1) is 21.1. The Labute approximate surface area is 161 Å². The predicted molar refractivity (Wildman–Crippen MR) is 99.5 cm³/mol. The fourth-order valence-electron chi connectivity index (χ4n) is 2.86. The maximum atomic E-state index is 12.5. The third kappa shape index (κ3) is 5.88. The highest BCUT2D eigenvalue weighted by Gasteiger charge is 2.17. The van der Waals surface area contributed by atoms with E-state index in [4.69, 9.17) is 0 Å². The number of piperazine rings is 1. The summed E-state index contributed by atoms with van der Waals surface area (Å²) in [6.07, 6.45) is 1.43.